The van der Waals surface area contributed by atoms with Crippen molar-refractivity contribution in [1.29, 1.82) is 0 Å². The van der Waals surface area contributed by atoms with E-state index in [1.54, 1.807) is 36.8 Å². The molecule has 6 rings (SSSR count). The minimum Gasteiger partial charge on any atom is -0.497 e. The van der Waals surface area contributed by atoms with E-state index in [1.165, 1.54) is 11.3 Å². The first-order valence-electron chi connectivity index (χ1n) is 14.5. The summed E-state index contributed by atoms with van der Waals surface area (Å²) in [5, 5.41) is 1.04. The number of rotatable bonds is 9. The molecule has 0 fully saturated rings. The summed E-state index contributed by atoms with van der Waals surface area (Å²) in [6, 6.07) is 28.6. The molecule has 2 heterocycles. The third kappa shape index (κ3) is 6.37. The topological polar surface area (TPSA) is 79.1 Å². The second-order valence-electron chi connectivity index (χ2n) is 10.3. The number of carbonyl (C=O) groups is 1. The molecule has 1 aliphatic heterocycles. The Morgan fingerprint density at radius 1 is 0.978 bits per heavy atom. The zero-order valence-electron chi connectivity index (χ0n) is 24.9. The molecule has 1 atom stereocenters. The van der Waals surface area contributed by atoms with Gasteiger partial charge in [0.05, 0.1) is 35.6 Å². The van der Waals surface area contributed by atoms with Crippen molar-refractivity contribution in [3.8, 4) is 11.5 Å². The Labute approximate surface area is 279 Å². The van der Waals surface area contributed by atoms with Crippen LogP contribution in [0.5, 0.6) is 11.5 Å². The number of esters is 1. The third-order valence-corrected chi connectivity index (χ3v) is 8.96. The average molecular weight is 672 g/mol. The van der Waals surface area contributed by atoms with Crippen LogP contribution in [0.25, 0.3) is 11.8 Å². The number of ether oxygens (including phenoxy) is 3. The third-order valence-electron chi connectivity index (χ3n) is 7.39. The van der Waals surface area contributed by atoms with Gasteiger partial charge in [-0.2, -0.15) is 0 Å². The highest BCUT2D eigenvalue weighted by Crippen LogP contribution is 2.36. The zero-order valence-corrected chi connectivity index (χ0v) is 27.2. The lowest BCUT2D eigenvalue weighted by molar-refractivity contribution is -0.138. The van der Waals surface area contributed by atoms with Gasteiger partial charge in [-0.15, -0.1) is 0 Å². The summed E-state index contributed by atoms with van der Waals surface area (Å²) in [6.07, 6.45) is 1.78. The van der Waals surface area contributed by atoms with Crippen LogP contribution < -0.4 is 24.4 Å². The Morgan fingerprint density at radius 2 is 1.76 bits per heavy atom. The minimum atomic E-state index is -0.818. The van der Waals surface area contributed by atoms with E-state index < -0.39 is 12.0 Å². The highest BCUT2D eigenvalue weighted by atomic mass is 35.5. The van der Waals surface area contributed by atoms with E-state index in [1.807, 2.05) is 84.9 Å². The maximum atomic E-state index is 14.3. The molecule has 232 valence electrons. The van der Waals surface area contributed by atoms with Crippen LogP contribution >= 0.6 is 34.5 Å². The van der Waals surface area contributed by atoms with Gasteiger partial charge in [0.1, 0.15) is 18.1 Å². The fourth-order valence-electron chi connectivity index (χ4n) is 5.23. The van der Waals surface area contributed by atoms with Crippen LogP contribution in [0.1, 0.15) is 35.2 Å². The van der Waals surface area contributed by atoms with E-state index in [-0.39, 0.29) is 24.3 Å². The van der Waals surface area contributed by atoms with Gasteiger partial charge in [-0.3, -0.25) is 9.36 Å². The molecule has 7 nitrogen and oxygen atoms in total. The predicted molar refractivity (Wildman–Crippen MR) is 181 cm³/mol. The van der Waals surface area contributed by atoms with Crippen molar-refractivity contribution in [2.24, 2.45) is 4.99 Å². The van der Waals surface area contributed by atoms with Gasteiger partial charge in [-0.25, -0.2) is 9.79 Å². The summed E-state index contributed by atoms with van der Waals surface area (Å²) >= 11 is 13.7. The Balaban J connectivity index is 1.52. The number of hydrogen-bond acceptors (Lipinski definition) is 7. The Kier molecular flexibility index (Phi) is 9.40. The fraction of sp³-hybridized carbons (Fsp3) is 0.139. The van der Waals surface area contributed by atoms with Crippen LogP contribution in [0.4, 0.5) is 0 Å². The summed E-state index contributed by atoms with van der Waals surface area (Å²) in [6.45, 7) is 2.12. The predicted octanol–water partition coefficient (Wildman–Crippen LogP) is 6.83. The van der Waals surface area contributed by atoms with E-state index in [9.17, 15) is 9.59 Å². The number of thiazole rings is 1. The number of para-hydroxylation sites is 1. The van der Waals surface area contributed by atoms with Crippen molar-refractivity contribution >= 4 is 52.3 Å². The van der Waals surface area contributed by atoms with Crippen molar-refractivity contribution in [2.45, 2.75) is 19.6 Å². The van der Waals surface area contributed by atoms with Gasteiger partial charge in [-0.05, 0) is 48.9 Å². The number of benzene rings is 4. The first kappa shape index (κ1) is 31.4. The fourth-order valence-corrected chi connectivity index (χ4v) is 6.69. The van der Waals surface area contributed by atoms with Crippen LogP contribution in [0.3, 0.4) is 0 Å². The number of fused-ring (bicyclic) bond motifs is 1. The number of methoxy groups -OCH3 is 1. The molecule has 1 aromatic heterocycles. The van der Waals surface area contributed by atoms with Crippen molar-refractivity contribution < 1.29 is 19.0 Å². The molecule has 10 heteroatoms. The highest BCUT2D eigenvalue weighted by molar-refractivity contribution is 7.07. The number of aromatic nitrogens is 1. The van der Waals surface area contributed by atoms with Crippen LogP contribution in [0.2, 0.25) is 10.0 Å². The van der Waals surface area contributed by atoms with Crippen LogP contribution in [-0.4, -0.2) is 24.3 Å². The quantitative estimate of drug-likeness (QED) is 0.161. The molecule has 5 aromatic rings. The Morgan fingerprint density at radius 3 is 2.52 bits per heavy atom. The number of carbonyl (C=O) groups excluding carboxylic acids is 1. The molecular weight excluding hydrogens is 643 g/mol. The van der Waals surface area contributed by atoms with Gasteiger partial charge < -0.3 is 14.2 Å². The molecule has 0 saturated heterocycles. The SMILES string of the molecule is CCOC(=O)C1=C(c2ccccc2)N=c2s/c(=C/c3ccccc3OCc3ccc(Cl)cc3Cl)c(=O)n2[C@@H]1c1cccc(OC)c1. The highest BCUT2D eigenvalue weighted by Gasteiger charge is 2.35. The molecule has 0 N–H and O–H groups in total. The molecule has 0 radical (unpaired) electrons. The van der Waals surface area contributed by atoms with Gasteiger partial charge in [0.2, 0.25) is 0 Å². The van der Waals surface area contributed by atoms with Crippen molar-refractivity contribution in [2.75, 3.05) is 13.7 Å². The van der Waals surface area contributed by atoms with Gasteiger partial charge in [-0.1, -0.05) is 101 Å². The number of halogens is 2. The summed E-state index contributed by atoms with van der Waals surface area (Å²) in [4.78, 5) is 33.3. The first-order valence-corrected chi connectivity index (χ1v) is 16.0. The molecule has 0 unspecified atom stereocenters. The molecule has 0 saturated carbocycles. The molecule has 0 amide bonds. The summed E-state index contributed by atoms with van der Waals surface area (Å²) < 4.78 is 19.2. The molecule has 0 spiro atoms. The van der Waals surface area contributed by atoms with Crippen LogP contribution in [0, 0.1) is 0 Å². The molecule has 1 aliphatic rings. The standard InChI is InChI=1S/C36H28Cl2N2O5S/c1-3-44-35(42)31-32(22-10-5-4-6-11-22)39-36-40(33(31)24-13-9-14-27(18-24)43-2)34(41)30(46-36)19-23-12-7-8-15-29(23)45-21-25-16-17-26(37)20-28(25)38/h4-20,33H,3,21H2,1-2H3/b30-19+/t33-/m1/s1. The lowest BCUT2D eigenvalue weighted by Crippen LogP contribution is -2.40. The number of nitrogens with zero attached hydrogens (tertiary/aromatic N) is 2. The largest absolute Gasteiger partial charge is 0.497 e. The van der Waals surface area contributed by atoms with Gasteiger partial charge in [0.25, 0.3) is 5.56 Å². The van der Waals surface area contributed by atoms with Gasteiger partial charge in [0, 0.05) is 26.7 Å². The van der Waals surface area contributed by atoms with Crippen molar-refractivity contribution in [3.05, 3.63) is 155 Å². The van der Waals surface area contributed by atoms with E-state index in [0.29, 0.717) is 47.7 Å². The zero-order chi connectivity index (χ0) is 32.2. The van der Waals surface area contributed by atoms with E-state index in [0.717, 1.165) is 11.1 Å². The lowest BCUT2D eigenvalue weighted by Gasteiger charge is -2.26. The average Bonchev–Trinajstić information content (AvgIpc) is 3.38. The smallest absolute Gasteiger partial charge is 0.338 e. The van der Waals surface area contributed by atoms with Crippen LogP contribution in [0.15, 0.2) is 112 Å². The monoisotopic (exact) mass is 670 g/mol. The van der Waals surface area contributed by atoms with E-state index in [2.05, 4.69) is 0 Å². The van der Waals surface area contributed by atoms with Crippen molar-refractivity contribution in [1.82, 2.24) is 4.57 Å². The normalized spacial score (nSPS) is 14.4. The van der Waals surface area contributed by atoms with Gasteiger partial charge in [0.15, 0.2) is 4.80 Å². The maximum absolute atomic E-state index is 14.3. The van der Waals surface area contributed by atoms with Gasteiger partial charge >= 0.3 is 5.97 Å². The Hall–Kier alpha value is -4.63. The van der Waals surface area contributed by atoms with E-state index >= 15 is 0 Å². The summed E-state index contributed by atoms with van der Waals surface area (Å²) in [5.41, 5.74) is 3.30. The molecule has 46 heavy (non-hydrogen) atoms. The maximum Gasteiger partial charge on any atom is 0.338 e. The minimum absolute atomic E-state index is 0.164. The number of hydrogen-bond donors (Lipinski definition) is 0. The summed E-state index contributed by atoms with van der Waals surface area (Å²) in [5.74, 6) is 0.612. The second kappa shape index (κ2) is 13.8. The molecule has 4 aromatic carbocycles. The van der Waals surface area contributed by atoms with Crippen LogP contribution in [-0.2, 0) is 16.1 Å². The second-order valence-corrected chi connectivity index (χ2v) is 12.1. The summed E-state index contributed by atoms with van der Waals surface area (Å²) in [7, 11) is 1.57. The first-order chi connectivity index (χ1) is 22.4. The molecule has 0 bridgehead atoms. The van der Waals surface area contributed by atoms with Crippen molar-refractivity contribution in [3.63, 3.8) is 0 Å². The van der Waals surface area contributed by atoms with E-state index in [4.69, 9.17) is 42.4 Å². The lowest BCUT2D eigenvalue weighted by atomic mass is 9.93. The molecular formula is C36H28Cl2N2O5S. The Bertz CT molecular complexity index is 2140. The molecule has 0 aliphatic carbocycles.